The largest absolute Gasteiger partial charge is 0.494 e. The van der Waals surface area contributed by atoms with Gasteiger partial charge < -0.3 is 9.47 Å². The number of ether oxygens (including phenoxy) is 2. The third kappa shape index (κ3) is 3.27. The van der Waals surface area contributed by atoms with Crippen molar-refractivity contribution in [3.63, 3.8) is 0 Å². The fourth-order valence-electron chi connectivity index (χ4n) is 1.18. The predicted molar refractivity (Wildman–Crippen MR) is 58.6 cm³/mol. The van der Waals surface area contributed by atoms with Gasteiger partial charge in [-0.25, -0.2) is 9.18 Å². The van der Waals surface area contributed by atoms with Gasteiger partial charge in [-0.1, -0.05) is 0 Å². The van der Waals surface area contributed by atoms with Crippen LogP contribution in [0.25, 0.3) is 6.08 Å². The Morgan fingerprint density at radius 2 is 2.06 bits per heavy atom. The lowest BCUT2D eigenvalue weighted by Crippen LogP contribution is -1.99. The molecule has 17 heavy (non-hydrogen) atoms. The third-order valence-electron chi connectivity index (χ3n) is 1.98. The molecule has 5 heteroatoms. The van der Waals surface area contributed by atoms with Crippen LogP contribution in [0.5, 0.6) is 5.75 Å². The highest BCUT2D eigenvalue weighted by atomic mass is 19.2. The van der Waals surface area contributed by atoms with Crippen LogP contribution in [-0.4, -0.2) is 19.7 Å². The normalized spacial score (nSPS) is 10.6. The number of halogens is 2. The second-order valence-corrected chi connectivity index (χ2v) is 3.07. The fraction of sp³-hybridized carbons (Fsp3) is 0.250. The summed E-state index contributed by atoms with van der Waals surface area (Å²) < 4.78 is 35.9. The number of carbonyl (C=O) groups is 1. The van der Waals surface area contributed by atoms with Crippen molar-refractivity contribution >= 4 is 12.0 Å². The Labute approximate surface area is 97.7 Å². The van der Waals surface area contributed by atoms with E-state index in [9.17, 15) is 13.6 Å². The van der Waals surface area contributed by atoms with Crippen LogP contribution in [0.4, 0.5) is 8.78 Å². The SMILES string of the molecule is CCOC(=O)C=Cc1ccc(OC)c(F)c1F. The fourth-order valence-corrected chi connectivity index (χ4v) is 1.18. The van der Waals surface area contributed by atoms with Gasteiger partial charge in [0, 0.05) is 11.6 Å². The molecule has 0 saturated carbocycles. The van der Waals surface area contributed by atoms with E-state index in [1.807, 2.05) is 0 Å². The molecule has 1 rings (SSSR count). The molecule has 0 heterocycles. The van der Waals surface area contributed by atoms with Crippen molar-refractivity contribution in [3.05, 3.63) is 35.4 Å². The van der Waals surface area contributed by atoms with E-state index < -0.39 is 17.6 Å². The van der Waals surface area contributed by atoms with Crippen molar-refractivity contribution in [2.45, 2.75) is 6.92 Å². The number of esters is 1. The Morgan fingerprint density at radius 1 is 1.35 bits per heavy atom. The average molecular weight is 242 g/mol. The van der Waals surface area contributed by atoms with Crippen LogP contribution >= 0.6 is 0 Å². The topological polar surface area (TPSA) is 35.5 Å². The Kier molecular flexibility index (Phi) is 4.63. The molecule has 1 aromatic carbocycles. The zero-order valence-corrected chi connectivity index (χ0v) is 9.50. The maximum atomic E-state index is 13.4. The maximum absolute atomic E-state index is 13.4. The van der Waals surface area contributed by atoms with E-state index in [1.54, 1.807) is 6.92 Å². The summed E-state index contributed by atoms with van der Waals surface area (Å²) in [5.74, 6) is -2.94. The van der Waals surface area contributed by atoms with Gasteiger partial charge in [-0.15, -0.1) is 0 Å². The van der Waals surface area contributed by atoms with Crippen molar-refractivity contribution < 1.29 is 23.0 Å². The average Bonchev–Trinajstić information content (AvgIpc) is 2.31. The van der Waals surface area contributed by atoms with E-state index in [0.717, 1.165) is 12.2 Å². The summed E-state index contributed by atoms with van der Waals surface area (Å²) in [6, 6.07) is 2.59. The molecule has 0 bridgehead atoms. The molecule has 0 fully saturated rings. The smallest absolute Gasteiger partial charge is 0.330 e. The molecule has 1 aromatic rings. The Balaban J connectivity index is 2.93. The molecule has 0 radical (unpaired) electrons. The van der Waals surface area contributed by atoms with Crippen LogP contribution in [0.1, 0.15) is 12.5 Å². The molecule has 0 N–H and O–H groups in total. The molecule has 0 saturated heterocycles. The molecule has 0 amide bonds. The minimum Gasteiger partial charge on any atom is -0.494 e. The second-order valence-electron chi connectivity index (χ2n) is 3.07. The molecule has 0 atom stereocenters. The molecule has 0 aliphatic heterocycles. The van der Waals surface area contributed by atoms with Gasteiger partial charge in [0.05, 0.1) is 13.7 Å². The maximum Gasteiger partial charge on any atom is 0.330 e. The number of hydrogen-bond acceptors (Lipinski definition) is 3. The first kappa shape index (κ1) is 13.2. The monoisotopic (exact) mass is 242 g/mol. The van der Waals surface area contributed by atoms with E-state index in [-0.39, 0.29) is 17.9 Å². The van der Waals surface area contributed by atoms with Gasteiger partial charge in [0.15, 0.2) is 11.6 Å². The standard InChI is InChI=1S/C12H12F2O3/c1-3-17-10(15)7-5-8-4-6-9(16-2)12(14)11(8)13/h4-7H,3H2,1-2H3. The van der Waals surface area contributed by atoms with Gasteiger partial charge in [0.1, 0.15) is 0 Å². The third-order valence-corrected chi connectivity index (χ3v) is 1.98. The first-order chi connectivity index (χ1) is 8.10. The zero-order valence-electron chi connectivity index (χ0n) is 9.50. The van der Waals surface area contributed by atoms with Crippen LogP contribution in [0.3, 0.4) is 0 Å². The van der Waals surface area contributed by atoms with E-state index >= 15 is 0 Å². The number of methoxy groups -OCH3 is 1. The number of carbonyl (C=O) groups excluding carboxylic acids is 1. The summed E-state index contributed by atoms with van der Waals surface area (Å²) in [5, 5.41) is 0. The van der Waals surface area contributed by atoms with Crippen LogP contribution in [0.15, 0.2) is 18.2 Å². The lowest BCUT2D eigenvalue weighted by atomic mass is 10.2. The molecule has 0 aromatic heterocycles. The van der Waals surface area contributed by atoms with Crippen molar-refractivity contribution in [1.82, 2.24) is 0 Å². The highest BCUT2D eigenvalue weighted by Crippen LogP contribution is 2.23. The highest BCUT2D eigenvalue weighted by molar-refractivity contribution is 5.87. The highest BCUT2D eigenvalue weighted by Gasteiger charge is 2.12. The van der Waals surface area contributed by atoms with Crippen molar-refractivity contribution in [3.8, 4) is 5.75 Å². The first-order valence-corrected chi connectivity index (χ1v) is 4.97. The van der Waals surface area contributed by atoms with Gasteiger partial charge in [-0.05, 0) is 25.1 Å². The minimum absolute atomic E-state index is 0.0450. The summed E-state index contributed by atoms with van der Waals surface area (Å²) in [6.07, 6.45) is 2.18. The van der Waals surface area contributed by atoms with Gasteiger partial charge in [0.2, 0.25) is 5.82 Å². The molecule has 0 unspecified atom stereocenters. The number of rotatable bonds is 4. The van der Waals surface area contributed by atoms with Gasteiger partial charge in [-0.2, -0.15) is 4.39 Å². The van der Waals surface area contributed by atoms with Gasteiger partial charge in [-0.3, -0.25) is 0 Å². The van der Waals surface area contributed by atoms with Gasteiger partial charge >= 0.3 is 5.97 Å². The summed E-state index contributed by atoms with van der Waals surface area (Å²) >= 11 is 0. The molecule has 0 aliphatic carbocycles. The molecule has 3 nitrogen and oxygen atoms in total. The molecule has 92 valence electrons. The zero-order chi connectivity index (χ0) is 12.8. The van der Waals surface area contributed by atoms with E-state index in [2.05, 4.69) is 9.47 Å². The summed E-state index contributed by atoms with van der Waals surface area (Å²) in [5.41, 5.74) is -0.0450. The second kappa shape index (κ2) is 5.98. The number of benzene rings is 1. The van der Waals surface area contributed by atoms with Crippen LogP contribution in [0.2, 0.25) is 0 Å². The Hall–Kier alpha value is -1.91. The first-order valence-electron chi connectivity index (χ1n) is 4.97. The Morgan fingerprint density at radius 3 is 2.65 bits per heavy atom. The lowest BCUT2D eigenvalue weighted by molar-refractivity contribution is -0.137. The van der Waals surface area contributed by atoms with Gasteiger partial charge in [0.25, 0.3) is 0 Å². The van der Waals surface area contributed by atoms with Crippen molar-refractivity contribution in [2.75, 3.05) is 13.7 Å². The molecule has 0 spiro atoms. The molecular formula is C12H12F2O3. The van der Waals surface area contributed by atoms with E-state index in [4.69, 9.17) is 0 Å². The van der Waals surface area contributed by atoms with Crippen LogP contribution < -0.4 is 4.74 Å². The molecular weight excluding hydrogens is 230 g/mol. The summed E-state index contributed by atoms with van der Waals surface area (Å²) in [6.45, 7) is 1.88. The van der Waals surface area contributed by atoms with Crippen molar-refractivity contribution in [1.29, 1.82) is 0 Å². The minimum atomic E-state index is -1.08. The number of hydrogen-bond donors (Lipinski definition) is 0. The van der Waals surface area contributed by atoms with E-state index in [1.165, 1.54) is 19.2 Å². The summed E-state index contributed by atoms with van der Waals surface area (Å²) in [4.78, 5) is 11.0. The van der Waals surface area contributed by atoms with Crippen molar-refractivity contribution in [2.24, 2.45) is 0 Å². The van der Waals surface area contributed by atoms with Crippen LogP contribution in [-0.2, 0) is 9.53 Å². The van der Waals surface area contributed by atoms with Crippen LogP contribution in [0, 0.1) is 11.6 Å². The summed E-state index contributed by atoms with van der Waals surface area (Å²) in [7, 11) is 1.24. The lowest BCUT2D eigenvalue weighted by Gasteiger charge is -2.04. The Bertz CT molecular complexity index is 442. The molecule has 0 aliphatic rings. The quantitative estimate of drug-likeness (QED) is 0.601. The van der Waals surface area contributed by atoms with E-state index in [0.29, 0.717) is 0 Å². The predicted octanol–water partition coefficient (Wildman–Crippen LogP) is 2.55.